The highest BCUT2D eigenvalue weighted by atomic mass is 32.2. The number of nitrogens with zero attached hydrogens (tertiary/aromatic N) is 2. The number of thioether (sulfide) groups is 1. The lowest BCUT2D eigenvalue weighted by molar-refractivity contribution is 0.0950. The first-order valence-electron chi connectivity index (χ1n) is 11.4. The number of fused-ring (bicyclic) bond motifs is 1. The molecule has 1 saturated heterocycles. The second-order valence-electron chi connectivity index (χ2n) is 8.38. The molecule has 5 rings (SSSR count). The van der Waals surface area contributed by atoms with Crippen molar-refractivity contribution in [1.82, 2.24) is 15.2 Å². The summed E-state index contributed by atoms with van der Waals surface area (Å²) >= 11 is 1.50. The molecule has 1 N–H and O–H groups in total. The van der Waals surface area contributed by atoms with Crippen LogP contribution in [0.5, 0.6) is 0 Å². The molecule has 5 nitrogen and oxygen atoms in total. The van der Waals surface area contributed by atoms with E-state index in [1.165, 1.54) is 43.3 Å². The molecule has 1 fully saturated rings. The van der Waals surface area contributed by atoms with E-state index in [9.17, 15) is 4.79 Å². The fraction of sp³-hybridized carbons (Fsp3) is 0.259. The highest BCUT2D eigenvalue weighted by Crippen LogP contribution is 2.27. The zero-order valence-corrected chi connectivity index (χ0v) is 19.3. The standard InChI is InChI=1S/C27H27N3O2S/c31-26(28-17-20-11-13-21(14-12-20)18-30-15-5-6-16-30)23-8-2-1-7-22(23)19-33-27-29-24-9-3-4-10-25(24)32-27/h1-4,7-14H,5-6,15-19H2,(H,28,31). The first-order valence-corrected chi connectivity index (χ1v) is 12.4. The van der Waals surface area contributed by atoms with Gasteiger partial charge in [0.25, 0.3) is 11.1 Å². The zero-order valence-electron chi connectivity index (χ0n) is 18.5. The van der Waals surface area contributed by atoms with Crippen molar-refractivity contribution in [2.24, 2.45) is 0 Å². The number of oxazole rings is 1. The molecule has 1 aliphatic rings. The van der Waals surface area contributed by atoms with Gasteiger partial charge in [-0.3, -0.25) is 9.69 Å². The van der Waals surface area contributed by atoms with E-state index in [0.29, 0.717) is 23.1 Å². The van der Waals surface area contributed by atoms with Crippen LogP contribution in [0.4, 0.5) is 0 Å². The number of para-hydroxylation sites is 2. The SMILES string of the molecule is O=C(NCc1ccc(CN2CCCC2)cc1)c1ccccc1CSc1nc2ccccc2o1. The quantitative estimate of drug-likeness (QED) is 0.347. The van der Waals surface area contributed by atoms with Crippen LogP contribution in [0.25, 0.3) is 11.1 Å². The van der Waals surface area contributed by atoms with Crippen LogP contribution in [0.15, 0.2) is 82.4 Å². The maximum atomic E-state index is 12.9. The normalized spacial score (nSPS) is 14.1. The minimum absolute atomic E-state index is 0.0649. The summed E-state index contributed by atoms with van der Waals surface area (Å²) in [5.41, 5.74) is 5.70. The van der Waals surface area contributed by atoms with Gasteiger partial charge in [0.15, 0.2) is 5.58 Å². The molecule has 0 radical (unpaired) electrons. The van der Waals surface area contributed by atoms with E-state index in [1.807, 2.05) is 48.5 Å². The third-order valence-corrected chi connectivity index (χ3v) is 6.85. The lowest BCUT2D eigenvalue weighted by Crippen LogP contribution is -2.24. The molecule has 4 aromatic rings. The first kappa shape index (κ1) is 21.7. The molecule has 168 valence electrons. The summed E-state index contributed by atoms with van der Waals surface area (Å²) in [5.74, 6) is 0.548. The molecule has 0 unspecified atom stereocenters. The van der Waals surface area contributed by atoms with Gasteiger partial charge in [-0.2, -0.15) is 0 Å². The fourth-order valence-corrected chi connectivity index (χ4v) is 5.00. The van der Waals surface area contributed by atoms with Gasteiger partial charge < -0.3 is 9.73 Å². The summed E-state index contributed by atoms with van der Waals surface area (Å²) in [6.45, 7) is 3.91. The summed E-state index contributed by atoms with van der Waals surface area (Å²) in [6.07, 6.45) is 2.61. The van der Waals surface area contributed by atoms with Crippen LogP contribution in [0, 0.1) is 0 Å². The van der Waals surface area contributed by atoms with Gasteiger partial charge in [-0.15, -0.1) is 0 Å². The molecule has 2 heterocycles. The number of carbonyl (C=O) groups is 1. The molecule has 0 aliphatic carbocycles. The Hall–Kier alpha value is -3.09. The Bertz CT molecular complexity index is 1200. The summed E-state index contributed by atoms with van der Waals surface area (Å²) in [4.78, 5) is 19.9. The van der Waals surface area contributed by atoms with Crippen LogP contribution in [0.3, 0.4) is 0 Å². The van der Waals surface area contributed by atoms with Gasteiger partial charge in [0.1, 0.15) is 5.52 Å². The number of aromatic nitrogens is 1. The Labute approximate surface area is 198 Å². The van der Waals surface area contributed by atoms with Crippen LogP contribution in [-0.4, -0.2) is 28.9 Å². The lowest BCUT2D eigenvalue weighted by Gasteiger charge is -2.15. The van der Waals surface area contributed by atoms with Crippen molar-refractivity contribution in [3.63, 3.8) is 0 Å². The topological polar surface area (TPSA) is 58.4 Å². The summed E-state index contributed by atoms with van der Waals surface area (Å²) in [6, 6.07) is 24.0. The molecule has 0 spiro atoms. The zero-order chi connectivity index (χ0) is 22.5. The van der Waals surface area contributed by atoms with Crippen LogP contribution < -0.4 is 5.32 Å². The van der Waals surface area contributed by atoms with E-state index in [2.05, 4.69) is 39.5 Å². The molecular weight excluding hydrogens is 430 g/mol. The van der Waals surface area contributed by atoms with Gasteiger partial charge in [-0.1, -0.05) is 66.4 Å². The summed E-state index contributed by atoms with van der Waals surface area (Å²) in [5, 5.41) is 3.68. The third-order valence-electron chi connectivity index (χ3n) is 5.97. The van der Waals surface area contributed by atoms with Crippen molar-refractivity contribution in [3.8, 4) is 0 Å². The van der Waals surface area contributed by atoms with Crippen LogP contribution in [-0.2, 0) is 18.8 Å². The van der Waals surface area contributed by atoms with E-state index in [-0.39, 0.29) is 5.91 Å². The molecule has 0 bridgehead atoms. The number of likely N-dealkylation sites (tertiary alicyclic amines) is 1. The predicted molar refractivity (Wildman–Crippen MR) is 132 cm³/mol. The van der Waals surface area contributed by atoms with Crippen molar-refractivity contribution in [2.45, 2.75) is 36.9 Å². The maximum Gasteiger partial charge on any atom is 0.257 e. The predicted octanol–water partition coefficient (Wildman–Crippen LogP) is 5.65. The molecule has 33 heavy (non-hydrogen) atoms. The van der Waals surface area contributed by atoms with Crippen molar-refractivity contribution in [1.29, 1.82) is 0 Å². The summed E-state index contributed by atoms with van der Waals surface area (Å²) in [7, 11) is 0. The van der Waals surface area contributed by atoms with E-state index in [4.69, 9.17) is 4.42 Å². The van der Waals surface area contributed by atoms with Gasteiger partial charge in [0, 0.05) is 24.4 Å². The van der Waals surface area contributed by atoms with Crippen molar-refractivity contribution in [2.75, 3.05) is 13.1 Å². The van der Waals surface area contributed by atoms with Crippen LogP contribution in [0.2, 0.25) is 0 Å². The minimum atomic E-state index is -0.0649. The highest BCUT2D eigenvalue weighted by Gasteiger charge is 2.14. The number of hydrogen-bond donors (Lipinski definition) is 1. The van der Waals surface area contributed by atoms with E-state index < -0.39 is 0 Å². The van der Waals surface area contributed by atoms with E-state index in [1.54, 1.807) is 0 Å². The van der Waals surface area contributed by atoms with E-state index in [0.717, 1.165) is 28.8 Å². The number of carbonyl (C=O) groups excluding carboxylic acids is 1. The fourth-order valence-electron chi connectivity index (χ4n) is 4.16. The monoisotopic (exact) mass is 457 g/mol. The highest BCUT2D eigenvalue weighted by molar-refractivity contribution is 7.98. The Morgan fingerprint density at radius 1 is 0.939 bits per heavy atom. The van der Waals surface area contributed by atoms with Crippen LogP contribution >= 0.6 is 11.8 Å². The van der Waals surface area contributed by atoms with Crippen LogP contribution in [0.1, 0.15) is 39.9 Å². The van der Waals surface area contributed by atoms with Gasteiger partial charge in [0.05, 0.1) is 0 Å². The number of amides is 1. The third kappa shape index (κ3) is 5.46. The molecular formula is C27H27N3O2S. The van der Waals surface area contributed by atoms with Crippen molar-refractivity contribution < 1.29 is 9.21 Å². The Kier molecular flexibility index (Phi) is 6.74. The lowest BCUT2D eigenvalue weighted by atomic mass is 10.1. The largest absolute Gasteiger partial charge is 0.431 e. The van der Waals surface area contributed by atoms with E-state index >= 15 is 0 Å². The maximum absolute atomic E-state index is 12.9. The van der Waals surface area contributed by atoms with Gasteiger partial charge in [-0.25, -0.2) is 4.98 Å². The molecule has 3 aromatic carbocycles. The molecule has 0 atom stereocenters. The Morgan fingerprint density at radius 2 is 1.67 bits per heavy atom. The molecule has 6 heteroatoms. The number of hydrogen-bond acceptors (Lipinski definition) is 5. The number of benzene rings is 3. The van der Waals surface area contributed by atoms with Gasteiger partial charge >= 0.3 is 0 Å². The van der Waals surface area contributed by atoms with Gasteiger partial charge in [-0.05, 0) is 60.8 Å². The molecule has 1 amide bonds. The van der Waals surface area contributed by atoms with Gasteiger partial charge in [0.2, 0.25) is 0 Å². The number of nitrogens with one attached hydrogen (secondary N) is 1. The number of rotatable bonds is 8. The average molecular weight is 458 g/mol. The smallest absolute Gasteiger partial charge is 0.257 e. The average Bonchev–Trinajstić information content (AvgIpc) is 3.52. The second kappa shape index (κ2) is 10.2. The summed E-state index contributed by atoms with van der Waals surface area (Å²) < 4.78 is 5.80. The second-order valence-corrected chi connectivity index (χ2v) is 9.30. The molecule has 1 aromatic heterocycles. The molecule has 0 saturated carbocycles. The van der Waals surface area contributed by atoms with Crippen molar-refractivity contribution >= 4 is 28.8 Å². The minimum Gasteiger partial charge on any atom is -0.431 e. The van der Waals surface area contributed by atoms with Crippen molar-refractivity contribution in [3.05, 3.63) is 95.1 Å². The Balaban J connectivity index is 1.18. The Morgan fingerprint density at radius 3 is 2.48 bits per heavy atom. The first-order chi connectivity index (χ1) is 16.2. The molecule has 1 aliphatic heterocycles.